The highest BCUT2D eigenvalue weighted by Crippen LogP contribution is 2.00. The highest BCUT2D eigenvalue weighted by atomic mass is 16.5. The number of alkyl carbamates (subject to hydrolysis) is 1. The molecule has 0 aliphatic heterocycles. The number of amides is 1. The Morgan fingerprint density at radius 3 is 2.82 bits per heavy atom. The van der Waals surface area contributed by atoms with Crippen molar-refractivity contribution in [2.75, 3.05) is 12.3 Å². The van der Waals surface area contributed by atoms with Gasteiger partial charge in [-0.25, -0.2) is 4.79 Å². The summed E-state index contributed by atoms with van der Waals surface area (Å²) in [7, 11) is 0. The fraction of sp³-hybridized carbons (Fsp3) is 0.636. The number of carbonyl (C=O) groups excluding carboxylic acids is 1. The predicted octanol–water partition coefficient (Wildman–Crippen LogP) is 1.38. The van der Waals surface area contributed by atoms with E-state index in [1.807, 2.05) is 20.8 Å². The molecule has 0 aliphatic carbocycles. The van der Waals surface area contributed by atoms with Crippen LogP contribution >= 0.6 is 0 Å². The Morgan fingerprint density at radius 2 is 2.29 bits per heavy atom. The first-order valence-corrected chi connectivity index (χ1v) is 5.61. The Bertz CT molecular complexity index is 368. The fourth-order valence-corrected chi connectivity index (χ4v) is 1.24. The lowest BCUT2D eigenvalue weighted by Crippen LogP contribution is -2.41. The molecule has 0 atom stereocenters. The normalized spacial score (nSPS) is 11.2. The van der Waals surface area contributed by atoms with Crippen molar-refractivity contribution in [3.8, 4) is 0 Å². The molecule has 1 amide bonds. The molecule has 0 bridgehead atoms. The van der Waals surface area contributed by atoms with E-state index in [0.29, 0.717) is 25.4 Å². The number of aryl methyl sites for hydroxylation is 1. The number of anilines is 1. The summed E-state index contributed by atoms with van der Waals surface area (Å²) in [6.07, 6.45) is 2.11. The largest absolute Gasteiger partial charge is 0.449 e. The summed E-state index contributed by atoms with van der Waals surface area (Å²) >= 11 is 0. The van der Waals surface area contributed by atoms with Crippen LogP contribution in [0.25, 0.3) is 0 Å². The molecule has 96 valence electrons. The molecular weight excluding hydrogens is 220 g/mol. The zero-order valence-corrected chi connectivity index (χ0v) is 10.6. The van der Waals surface area contributed by atoms with Gasteiger partial charge in [-0.1, -0.05) is 0 Å². The molecule has 6 nitrogen and oxygen atoms in total. The Labute approximate surface area is 101 Å². The van der Waals surface area contributed by atoms with Gasteiger partial charge in [-0.2, -0.15) is 5.10 Å². The summed E-state index contributed by atoms with van der Waals surface area (Å²) in [5.41, 5.74) is 5.20. The molecule has 0 spiro atoms. The number of nitrogens with one attached hydrogen (secondary N) is 1. The van der Waals surface area contributed by atoms with Crippen LogP contribution in [-0.2, 0) is 11.3 Å². The van der Waals surface area contributed by atoms with Crippen molar-refractivity contribution >= 4 is 11.9 Å². The average Bonchev–Trinajstić information content (AvgIpc) is 2.56. The van der Waals surface area contributed by atoms with Crippen LogP contribution in [0.2, 0.25) is 0 Å². The molecule has 0 saturated carbocycles. The summed E-state index contributed by atoms with van der Waals surface area (Å²) in [6, 6.07) is 1.73. The molecule has 0 saturated heterocycles. The number of hydrogen-bond acceptors (Lipinski definition) is 4. The van der Waals surface area contributed by atoms with E-state index in [-0.39, 0.29) is 5.54 Å². The van der Waals surface area contributed by atoms with E-state index >= 15 is 0 Å². The molecule has 3 N–H and O–H groups in total. The fourth-order valence-electron chi connectivity index (χ4n) is 1.24. The summed E-state index contributed by atoms with van der Waals surface area (Å²) in [4.78, 5) is 11.3. The lowest BCUT2D eigenvalue weighted by molar-refractivity contribution is 0.134. The van der Waals surface area contributed by atoms with Gasteiger partial charge in [0, 0.05) is 24.7 Å². The topological polar surface area (TPSA) is 82.2 Å². The minimum absolute atomic E-state index is 0.270. The van der Waals surface area contributed by atoms with Gasteiger partial charge in [0.25, 0.3) is 0 Å². The number of nitrogen functional groups attached to an aromatic ring is 1. The monoisotopic (exact) mass is 240 g/mol. The van der Waals surface area contributed by atoms with Crippen LogP contribution < -0.4 is 11.1 Å². The van der Waals surface area contributed by atoms with Crippen LogP contribution in [0.5, 0.6) is 0 Å². The second-order valence-electron chi connectivity index (χ2n) is 4.87. The van der Waals surface area contributed by atoms with Gasteiger partial charge in [0.05, 0.1) is 6.61 Å². The second kappa shape index (κ2) is 5.56. The van der Waals surface area contributed by atoms with Crippen LogP contribution in [0.1, 0.15) is 27.2 Å². The average molecular weight is 240 g/mol. The zero-order chi connectivity index (χ0) is 12.9. The summed E-state index contributed by atoms with van der Waals surface area (Å²) in [5, 5.41) is 6.74. The van der Waals surface area contributed by atoms with Crippen LogP contribution in [-0.4, -0.2) is 28.0 Å². The van der Waals surface area contributed by atoms with Gasteiger partial charge in [-0.3, -0.25) is 4.68 Å². The molecule has 1 aromatic rings. The Morgan fingerprint density at radius 1 is 1.59 bits per heavy atom. The van der Waals surface area contributed by atoms with E-state index in [0.717, 1.165) is 0 Å². The maximum absolute atomic E-state index is 11.3. The molecule has 1 aromatic heterocycles. The molecule has 0 unspecified atom stereocenters. The van der Waals surface area contributed by atoms with Crippen molar-refractivity contribution in [3.63, 3.8) is 0 Å². The van der Waals surface area contributed by atoms with Crippen LogP contribution in [0, 0.1) is 0 Å². The van der Waals surface area contributed by atoms with Crippen LogP contribution in [0.4, 0.5) is 10.6 Å². The SMILES string of the molecule is CC(C)(C)NC(=O)OCCCn1ccc(N)n1. The first-order chi connectivity index (χ1) is 7.87. The molecule has 1 heterocycles. The van der Waals surface area contributed by atoms with E-state index in [9.17, 15) is 4.79 Å². The molecule has 0 aliphatic rings. The number of rotatable bonds is 4. The van der Waals surface area contributed by atoms with E-state index < -0.39 is 6.09 Å². The highest BCUT2D eigenvalue weighted by molar-refractivity contribution is 5.67. The summed E-state index contributed by atoms with van der Waals surface area (Å²) < 4.78 is 6.75. The van der Waals surface area contributed by atoms with Crippen LogP contribution in [0.3, 0.4) is 0 Å². The molecule has 0 aromatic carbocycles. The van der Waals surface area contributed by atoms with Crippen molar-refractivity contribution in [1.29, 1.82) is 0 Å². The van der Waals surface area contributed by atoms with Gasteiger partial charge in [-0.15, -0.1) is 0 Å². The van der Waals surface area contributed by atoms with Crippen molar-refractivity contribution in [3.05, 3.63) is 12.3 Å². The maximum Gasteiger partial charge on any atom is 0.407 e. The molecule has 0 radical (unpaired) electrons. The van der Waals surface area contributed by atoms with Crippen LogP contribution in [0.15, 0.2) is 12.3 Å². The molecule has 0 fully saturated rings. The van der Waals surface area contributed by atoms with Gasteiger partial charge in [0.2, 0.25) is 0 Å². The lowest BCUT2D eigenvalue weighted by Gasteiger charge is -2.19. The van der Waals surface area contributed by atoms with Gasteiger partial charge in [0.15, 0.2) is 0 Å². The number of aromatic nitrogens is 2. The Hall–Kier alpha value is -1.72. The van der Waals surface area contributed by atoms with E-state index in [1.54, 1.807) is 16.9 Å². The van der Waals surface area contributed by atoms with Gasteiger partial charge in [-0.05, 0) is 26.8 Å². The van der Waals surface area contributed by atoms with Crippen molar-refractivity contribution in [2.24, 2.45) is 0 Å². The molecule has 6 heteroatoms. The smallest absolute Gasteiger partial charge is 0.407 e. The molecule has 1 rings (SSSR count). The third-order valence-corrected chi connectivity index (χ3v) is 1.90. The number of carbonyl (C=O) groups is 1. The Balaban J connectivity index is 2.14. The number of nitrogens with two attached hydrogens (primary N) is 1. The lowest BCUT2D eigenvalue weighted by atomic mass is 10.1. The van der Waals surface area contributed by atoms with Gasteiger partial charge < -0.3 is 15.8 Å². The van der Waals surface area contributed by atoms with Gasteiger partial charge in [0.1, 0.15) is 5.82 Å². The summed E-state index contributed by atoms with van der Waals surface area (Å²) in [5.74, 6) is 0.497. The zero-order valence-electron chi connectivity index (χ0n) is 10.6. The van der Waals surface area contributed by atoms with E-state index in [2.05, 4.69) is 10.4 Å². The third-order valence-electron chi connectivity index (χ3n) is 1.90. The van der Waals surface area contributed by atoms with Crippen molar-refractivity contribution < 1.29 is 9.53 Å². The number of hydrogen-bond donors (Lipinski definition) is 2. The van der Waals surface area contributed by atoms with E-state index in [4.69, 9.17) is 10.5 Å². The first kappa shape index (κ1) is 13.3. The van der Waals surface area contributed by atoms with Gasteiger partial charge >= 0.3 is 6.09 Å². The minimum Gasteiger partial charge on any atom is -0.449 e. The van der Waals surface area contributed by atoms with Crippen molar-refractivity contribution in [1.82, 2.24) is 15.1 Å². The predicted molar refractivity (Wildman–Crippen MR) is 65.5 cm³/mol. The van der Waals surface area contributed by atoms with E-state index in [1.165, 1.54) is 0 Å². The maximum atomic E-state index is 11.3. The Kier molecular flexibility index (Phi) is 4.37. The first-order valence-electron chi connectivity index (χ1n) is 5.61. The number of ether oxygens (including phenoxy) is 1. The highest BCUT2D eigenvalue weighted by Gasteiger charge is 2.14. The quantitative estimate of drug-likeness (QED) is 0.779. The minimum atomic E-state index is -0.391. The number of nitrogens with zero attached hydrogens (tertiary/aromatic N) is 2. The molecular formula is C11H20N4O2. The summed E-state index contributed by atoms with van der Waals surface area (Å²) in [6.45, 7) is 6.75. The standard InChI is InChI=1S/C11H20N4O2/c1-11(2,3)13-10(16)17-8-4-6-15-7-5-9(12)14-15/h5,7H,4,6,8H2,1-3H3,(H2,12,14)(H,13,16). The molecule has 17 heavy (non-hydrogen) atoms. The van der Waals surface area contributed by atoms with Crippen molar-refractivity contribution in [2.45, 2.75) is 39.3 Å². The third kappa shape index (κ3) is 5.79. The second-order valence-corrected chi connectivity index (χ2v) is 4.87.